The topological polar surface area (TPSA) is 40.2 Å². The van der Waals surface area contributed by atoms with E-state index in [4.69, 9.17) is 9.68 Å². The van der Waals surface area contributed by atoms with Crippen LogP contribution in [0.5, 0.6) is 0 Å². The monoisotopic (exact) mass is 262 g/mol. The molecule has 1 aromatic heterocycles. The first-order valence-electron chi connectivity index (χ1n) is 6.45. The van der Waals surface area contributed by atoms with Crippen molar-refractivity contribution >= 4 is 16.7 Å². The van der Waals surface area contributed by atoms with Crippen molar-refractivity contribution in [1.29, 1.82) is 5.26 Å². The van der Waals surface area contributed by atoms with Gasteiger partial charge >= 0.3 is 0 Å². The number of nitriles is 1. The van der Waals surface area contributed by atoms with Gasteiger partial charge in [0, 0.05) is 18.1 Å². The normalized spacial score (nSPS) is 10.4. The molecule has 0 aliphatic rings. The van der Waals surface area contributed by atoms with Crippen molar-refractivity contribution in [2.75, 3.05) is 11.9 Å². The van der Waals surface area contributed by atoms with E-state index in [1.165, 1.54) is 0 Å². The molecule has 0 spiro atoms. The molecule has 0 N–H and O–H groups in total. The van der Waals surface area contributed by atoms with Crippen molar-refractivity contribution in [3.05, 3.63) is 65.9 Å². The zero-order valence-corrected chi connectivity index (χ0v) is 11.2. The highest BCUT2D eigenvalue weighted by Gasteiger charge is 2.07. The standard InChI is InChI=1S/C17H14N2O/c1-19(15-8-6-13(11-18)7-9-15)12-16-10-14-4-2-3-5-17(14)20-16/h2-10H,12H2,1H3. The molecule has 0 atom stereocenters. The number of fused-ring (bicyclic) bond motifs is 1. The summed E-state index contributed by atoms with van der Waals surface area (Å²) >= 11 is 0. The second-order valence-corrected chi connectivity index (χ2v) is 4.77. The number of hydrogen-bond donors (Lipinski definition) is 0. The maximum atomic E-state index is 8.80. The van der Waals surface area contributed by atoms with Gasteiger partial charge in [0.1, 0.15) is 11.3 Å². The van der Waals surface area contributed by atoms with E-state index >= 15 is 0 Å². The molecule has 3 rings (SSSR count). The van der Waals surface area contributed by atoms with Crippen LogP contribution in [0.2, 0.25) is 0 Å². The summed E-state index contributed by atoms with van der Waals surface area (Å²) in [4.78, 5) is 2.10. The highest BCUT2D eigenvalue weighted by Crippen LogP contribution is 2.22. The van der Waals surface area contributed by atoms with Crippen molar-refractivity contribution < 1.29 is 4.42 Å². The van der Waals surface area contributed by atoms with Crippen LogP contribution in [0.3, 0.4) is 0 Å². The third kappa shape index (κ3) is 2.36. The number of para-hydroxylation sites is 1. The molecule has 0 fully saturated rings. The first kappa shape index (κ1) is 12.3. The molecular formula is C17H14N2O. The van der Waals surface area contributed by atoms with Crippen LogP contribution in [0.15, 0.2) is 59.0 Å². The molecule has 2 aromatic carbocycles. The summed E-state index contributed by atoms with van der Waals surface area (Å²) in [5.41, 5.74) is 2.64. The van der Waals surface area contributed by atoms with Gasteiger partial charge < -0.3 is 9.32 Å². The highest BCUT2D eigenvalue weighted by atomic mass is 16.3. The van der Waals surface area contributed by atoms with Gasteiger partial charge in [0.15, 0.2) is 0 Å². The minimum atomic E-state index is 0.672. The summed E-state index contributed by atoms with van der Waals surface area (Å²) in [5.74, 6) is 0.929. The molecule has 0 aliphatic carbocycles. The predicted octanol–water partition coefficient (Wildman–Crippen LogP) is 3.94. The number of hydrogen-bond acceptors (Lipinski definition) is 3. The Hall–Kier alpha value is -2.73. The van der Waals surface area contributed by atoms with E-state index in [0.717, 1.165) is 22.4 Å². The second kappa shape index (κ2) is 5.10. The first-order chi connectivity index (χ1) is 9.76. The molecule has 3 nitrogen and oxygen atoms in total. The lowest BCUT2D eigenvalue weighted by molar-refractivity contribution is 0.546. The first-order valence-corrected chi connectivity index (χ1v) is 6.45. The van der Waals surface area contributed by atoms with Crippen LogP contribution in [0.25, 0.3) is 11.0 Å². The zero-order valence-electron chi connectivity index (χ0n) is 11.2. The molecule has 3 aromatic rings. The van der Waals surface area contributed by atoms with Crippen molar-refractivity contribution in [1.82, 2.24) is 0 Å². The summed E-state index contributed by atoms with van der Waals surface area (Å²) in [7, 11) is 2.01. The average Bonchev–Trinajstić information content (AvgIpc) is 2.89. The van der Waals surface area contributed by atoms with Gasteiger partial charge in [-0.25, -0.2) is 0 Å². The number of benzene rings is 2. The fourth-order valence-corrected chi connectivity index (χ4v) is 2.23. The van der Waals surface area contributed by atoms with E-state index in [1.54, 1.807) is 0 Å². The van der Waals surface area contributed by atoms with Crippen molar-refractivity contribution in [3.8, 4) is 6.07 Å². The minimum Gasteiger partial charge on any atom is -0.459 e. The van der Waals surface area contributed by atoms with Gasteiger partial charge in [0.2, 0.25) is 0 Å². The number of furan rings is 1. The molecule has 98 valence electrons. The van der Waals surface area contributed by atoms with E-state index < -0.39 is 0 Å². The minimum absolute atomic E-state index is 0.672. The smallest absolute Gasteiger partial charge is 0.134 e. The van der Waals surface area contributed by atoms with E-state index in [1.807, 2.05) is 55.6 Å². The zero-order chi connectivity index (χ0) is 13.9. The van der Waals surface area contributed by atoms with Crippen LogP contribution >= 0.6 is 0 Å². The van der Waals surface area contributed by atoms with Crippen LogP contribution in [0, 0.1) is 11.3 Å². The van der Waals surface area contributed by atoms with Gasteiger partial charge in [0.25, 0.3) is 0 Å². The third-order valence-corrected chi connectivity index (χ3v) is 3.31. The number of nitrogens with zero attached hydrogens (tertiary/aromatic N) is 2. The van der Waals surface area contributed by atoms with Crippen LogP contribution < -0.4 is 4.90 Å². The van der Waals surface area contributed by atoms with Crippen LogP contribution in [0.4, 0.5) is 5.69 Å². The van der Waals surface area contributed by atoms with Gasteiger partial charge in [-0.2, -0.15) is 5.26 Å². The molecule has 0 unspecified atom stereocenters. The molecule has 3 heteroatoms. The molecular weight excluding hydrogens is 248 g/mol. The summed E-state index contributed by atoms with van der Waals surface area (Å²) in [6.07, 6.45) is 0. The fourth-order valence-electron chi connectivity index (χ4n) is 2.23. The van der Waals surface area contributed by atoms with Crippen molar-refractivity contribution in [3.63, 3.8) is 0 Å². The molecule has 0 bridgehead atoms. The molecule has 0 saturated heterocycles. The maximum absolute atomic E-state index is 8.80. The van der Waals surface area contributed by atoms with Gasteiger partial charge in [-0.05, 0) is 36.4 Å². The summed E-state index contributed by atoms with van der Waals surface area (Å²) in [6.45, 7) is 0.695. The molecule has 20 heavy (non-hydrogen) atoms. The molecule has 0 aliphatic heterocycles. The lowest BCUT2D eigenvalue weighted by Gasteiger charge is -2.17. The Morgan fingerprint density at radius 1 is 1.10 bits per heavy atom. The van der Waals surface area contributed by atoms with Crippen molar-refractivity contribution in [2.45, 2.75) is 6.54 Å². The predicted molar refractivity (Wildman–Crippen MR) is 79.5 cm³/mol. The Balaban J connectivity index is 1.80. The molecule has 0 amide bonds. The van der Waals surface area contributed by atoms with Crippen LogP contribution in [0.1, 0.15) is 11.3 Å². The number of anilines is 1. The average molecular weight is 262 g/mol. The Bertz CT molecular complexity index is 733. The Morgan fingerprint density at radius 2 is 1.85 bits per heavy atom. The summed E-state index contributed by atoms with van der Waals surface area (Å²) in [5, 5.41) is 9.93. The largest absolute Gasteiger partial charge is 0.459 e. The number of rotatable bonds is 3. The highest BCUT2D eigenvalue weighted by molar-refractivity contribution is 5.77. The van der Waals surface area contributed by atoms with Crippen molar-refractivity contribution in [2.24, 2.45) is 0 Å². The van der Waals surface area contributed by atoms with Crippen LogP contribution in [-0.4, -0.2) is 7.05 Å². The van der Waals surface area contributed by atoms with E-state index in [9.17, 15) is 0 Å². The van der Waals surface area contributed by atoms with Gasteiger partial charge in [0.05, 0.1) is 18.2 Å². The quantitative estimate of drug-likeness (QED) is 0.717. The Morgan fingerprint density at radius 3 is 2.55 bits per heavy atom. The fraction of sp³-hybridized carbons (Fsp3) is 0.118. The Labute approximate surface area is 117 Å². The lowest BCUT2D eigenvalue weighted by Crippen LogP contribution is -2.15. The van der Waals surface area contributed by atoms with Gasteiger partial charge in [-0.3, -0.25) is 0 Å². The SMILES string of the molecule is CN(Cc1cc2ccccc2o1)c1ccc(C#N)cc1. The van der Waals surface area contributed by atoms with E-state index in [-0.39, 0.29) is 0 Å². The van der Waals surface area contributed by atoms with Gasteiger partial charge in [-0.1, -0.05) is 18.2 Å². The lowest BCUT2D eigenvalue weighted by atomic mass is 10.2. The van der Waals surface area contributed by atoms with Gasteiger partial charge in [-0.15, -0.1) is 0 Å². The second-order valence-electron chi connectivity index (χ2n) is 4.77. The maximum Gasteiger partial charge on any atom is 0.134 e. The molecule has 0 radical (unpaired) electrons. The van der Waals surface area contributed by atoms with E-state index in [0.29, 0.717) is 12.1 Å². The molecule has 0 saturated carbocycles. The third-order valence-electron chi connectivity index (χ3n) is 3.31. The summed E-state index contributed by atoms with van der Waals surface area (Å²) < 4.78 is 5.81. The summed E-state index contributed by atoms with van der Waals surface area (Å²) in [6, 6.07) is 19.7. The Kier molecular flexibility index (Phi) is 3.14. The van der Waals surface area contributed by atoms with Crippen LogP contribution in [-0.2, 0) is 6.54 Å². The van der Waals surface area contributed by atoms with E-state index in [2.05, 4.69) is 17.0 Å². The molecule has 1 heterocycles.